The fourth-order valence-electron chi connectivity index (χ4n) is 4.32. The van der Waals surface area contributed by atoms with Crippen molar-refractivity contribution in [2.24, 2.45) is 22.7 Å². The Morgan fingerprint density at radius 3 is 2.60 bits per heavy atom. The van der Waals surface area contributed by atoms with Crippen LogP contribution in [0.2, 0.25) is 0 Å². The number of anilines is 1. The minimum atomic E-state index is 0.700. The molecule has 2 atom stereocenters. The lowest BCUT2D eigenvalue weighted by atomic mass is 9.97. The smallest absolute Gasteiger partial charge is 0.193 e. The number of likely N-dealkylation sites (tertiary alicyclic amines) is 1. The van der Waals surface area contributed by atoms with Crippen molar-refractivity contribution in [1.29, 1.82) is 0 Å². The van der Waals surface area contributed by atoms with E-state index in [9.17, 15) is 0 Å². The molecule has 1 aromatic rings. The average Bonchev–Trinajstić information content (AvgIpc) is 3.26. The predicted molar refractivity (Wildman–Crippen MR) is 107 cm³/mol. The standard InChI is InChI=1S/C21H34N4/c1-17(2)13-18-9-12-25(15-18)21(22-3)23-14-19-10-11-24(16-19)20-7-5-4-6-8-20/h4-8,17-19H,9-16H2,1-3H3,(H,22,23). The molecule has 2 heterocycles. The van der Waals surface area contributed by atoms with Gasteiger partial charge in [0.05, 0.1) is 0 Å². The second-order valence-electron chi connectivity index (χ2n) is 8.09. The predicted octanol–water partition coefficient (Wildman–Crippen LogP) is 3.46. The van der Waals surface area contributed by atoms with Gasteiger partial charge in [-0.05, 0) is 49.1 Å². The quantitative estimate of drug-likeness (QED) is 0.657. The van der Waals surface area contributed by atoms with E-state index in [1.165, 1.54) is 31.5 Å². The van der Waals surface area contributed by atoms with Gasteiger partial charge in [-0.2, -0.15) is 0 Å². The summed E-state index contributed by atoms with van der Waals surface area (Å²) in [5.41, 5.74) is 1.35. The van der Waals surface area contributed by atoms with Gasteiger partial charge in [0.2, 0.25) is 0 Å². The van der Waals surface area contributed by atoms with E-state index in [0.29, 0.717) is 5.92 Å². The molecule has 2 aliphatic rings. The molecule has 0 radical (unpaired) electrons. The molecule has 138 valence electrons. The number of hydrogen-bond donors (Lipinski definition) is 1. The maximum absolute atomic E-state index is 4.54. The fourth-order valence-corrected chi connectivity index (χ4v) is 4.32. The zero-order chi connectivity index (χ0) is 17.6. The second kappa shape index (κ2) is 8.59. The van der Waals surface area contributed by atoms with Gasteiger partial charge in [-0.3, -0.25) is 4.99 Å². The average molecular weight is 343 g/mol. The van der Waals surface area contributed by atoms with E-state index in [1.54, 1.807) is 0 Å². The lowest BCUT2D eigenvalue weighted by molar-refractivity contribution is 0.401. The van der Waals surface area contributed by atoms with Crippen molar-refractivity contribution in [2.45, 2.75) is 33.1 Å². The molecule has 1 N–H and O–H groups in total. The van der Waals surface area contributed by atoms with E-state index in [1.807, 2.05) is 7.05 Å². The first kappa shape index (κ1) is 18.1. The summed E-state index contributed by atoms with van der Waals surface area (Å²) in [7, 11) is 1.92. The molecule has 4 nitrogen and oxygen atoms in total. The van der Waals surface area contributed by atoms with Crippen LogP contribution >= 0.6 is 0 Å². The van der Waals surface area contributed by atoms with E-state index >= 15 is 0 Å². The number of nitrogens with zero attached hydrogens (tertiary/aromatic N) is 3. The van der Waals surface area contributed by atoms with Crippen molar-refractivity contribution in [1.82, 2.24) is 10.2 Å². The first-order valence-electron chi connectivity index (χ1n) is 9.91. The summed E-state index contributed by atoms with van der Waals surface area (Å²) in [6.45, 7) is 10.3. The largest absolute Gasteiger partial charge is 0.371 e. The van der Waals surface area contributed by atoms with Crippen LogP contribution in [-0.2, 0) is 0 Å². The van der Waals surface area contributed by atoms with Gasteiger partial charge < -0.3 is 15.1 Å². The molecular formula is C21H34N4. The van der Waals surface area contributed by atoms with Crippen molar-refractivity contribution in [3.05, 3.63) is 30.3 Å². The minimum Gasteiger partial charge on any atom is -0.371 e. The highest BCUT2D eigenvalue weighted by atomic mass is 15.3. The zero-order valence-corrected chi connectivity index (χ0v) is 16.1. The molecule has 0 aliphatic carbocycles. The first-order valence-corrected chi connectivity index (χ1v) is 9.91. The number of benzene rings is 1. The van der Waals surface area contributed by atoms with Gasteiger partial charge in [0.25, 0.3) is 0 Å². The third kappa shape index (κ3) is 4.90. The number of guanidine groups is 1. The summed E-state index contributed by atoms with van der Waals surface area (Å²) >= 11 is 0. The lowest BCUT2D eigenvalue weighted by Gasteiger charge is -2.24. The Hall–Kier alpha value is -1.71. The molecule has 2 saturated heterocycles. The Kier molecular flexibility index (Phi) is 6.22. The van der Waals surface area contributed by atoms with Crippen molar-refractivity contribution < 1.29 is 0 Å². The van der Waals surface area contributed by atoms with E-state index < -0.39 is 0 Å². The Bertz CT molecular complexity index is 554. The van der Waals surface area contributed by atoms with Crippen LogP contribution in [0, 0.1) is 17.8 Å². The Labute approximate surface area is 153 Å². The van der Waals surface area contributed by atoms with Gasteiger partial charge in [0.1, 0.15) is 0 Å². The van der Waals surface area contributed by atoms with Crippen LogP contribution in [0.4, 0.5) is 5.69 Å². The van der Waals surface area contributed by atoms with Crippen LogP contribution in [-0.4, -0.2) is 50.6 Å². The first-order chi connectivity index (χ1) is 12.2. The second-order valence-corrected chi connectivity index (χ2v) is 8.09. The fraction of sp³-hybridized carbons (Fsp3) is 0.667. The summed E-state index contributed by atoms with van der Waals surface area (Å²) in [5, 5.41) is 3.65. The van der Waals surface area contributed by atoms with Crippen LogP contribution in [0.1, 0.15) is 33.1 Å². The van der Waals surface area contributed by atoms with Gasteiger partial charge >= 0.3 is 0 Å². The molecule has 2 unspecified atom stereocenters. The van der Waals surface area contributed by atoms with Crippen LogP contribution in [0.25, 0.3) is 0 Å². The van der Waals surface area contributed by atoms with Crippen molar-refractivity contribution in [3.63, 3.8) is 0 Å². The molecule has 4 heteroatoms. The molecule has 0 amide bonds. The molecular weight excluding hydrogens is 308 g/mol. The third-order valence-electron chi connectivity index (χ3n) is 5.56. The minimum absolute atomic E-state index is 0.700. The van der Waals surface area contributed by atoms with Crippen LogP contribution in [0.3, 0.4) is 0 Å². The Morgan fingerprint density at radius 1 is 1.12 bits per heavy atom. The highest BCUT2D eigenvalue weighted by Gasteiger charge is 2.27. The lowest BCUT2D eigenvalue weighted by Crippen LogP contribution is -2.42. The number of nitrogens with one attached hydrogen (secondary N) is 1. The summed E-state index contributed by atoms with van der Waals surface area (Å²) in [4.78, 5) is 9.50. The molecule has 0 aromatic heterocycles. The molecule has 2 fully saturated rings. The van der Waals surface area contributed by atoms with Crippen LogP contribution in [0.15, 0.2) is 35.3 Å². The topological polar surface area (TPSA) is 30.9 Å². The van der Waals surface area contributed by atoms with E-state index in [2.05, 4.69) is 64.3 Å². The highest BCUT2D eigenvalue weighted by molar-refractivity contribution is 5.80. The zero-order valence-electron chi connectivity index (χ0n) is 16.1. The third-order valence-corrected chi connectivity index (χ3v) is 5.56. The van der Waals surface area contributed by atoms with Crippen molar-refractivity contribution >= 4 is 11.6 Å². The van der Waals surface area contributed by atoms with Gasteiger partial charge in [0, 0.05) is 45.5 Å². The number of hydrogen-bond acceptors (Lipinski definition) is 2. The maximum atomic E-state index is 4.54. The van der Waals surface area contributed by atoms with Gasteiger partial charge in [-0.1, -0.05) is 32.0 Å². The summed E-state index contributed by atoms with van der Waals surface area (Å²) in [6, 6.07) is 10.8. The van der Waals surface area contributed by atoms with E-state index in [0.717, 1.165) is 44.0 Å². The number of aliphatic imine (C=N–C) groups is 1. The van der Waals surface area contributed by atoms with Gasteiger partial charge in [-0.25, -0.2) is 0 Å². The summed E-state index contributed by atoms with van der Waals surface area (Å²) in [5.74, 6) is 3.43. The molecule has 25 heavy (non-hydrogen) atoms. The monoisotopic (exact) mass is 342 g/mol. The maximum Gasteiger partial charge on any atom is 0.193 e. The highest BCUT2D eigenvalue weighted by Crippen LogP contribution is 2.24. The normalized spacial score (nSPS) is 24.4. The summed E-state index contributed by atoms with van der Waals surface area (Å²) < 4.78 is 0. The Morgan fingerprint density at radius 2 is 1.88 bits per heavy atom. The Balaban J connectivity index is 1.45. The van der Waals surface area contributed by atoms with E-state index in [-0.39, 0.29) is 0 Å². The van der Waals surface area contributed by atoms with Gasteiger partial charge in [-0.15, -0.1) is 0 Å². The van der Waals surface area contributed by atoms with Crippen LogP contribution < -0.4 is 10.2 Å². The number of rotatable bonds is 5. The van der Waals surface area contributed by atoms with E-state index in [4.69, 9.17) is 0 Å². The molecule has 0 bridgehead atoms. The molecule has 3 rings (SSSR count). The van der Waals surface area contributed by atoms with Crippen LogP contribution in [0.5, 0.6) is 0 Å². The molecule has 0 saturated carbocycles. The molecule has 1 aromatic carbocycles. The molecule has 2 aliphatic heterocycles. The SMILES string of the molecule is CN=C(NCC1CCN(c2ccccc2)C1)N1CCC(CC(C)C)C1. The summed E-state index contributed by atoms with van der Waals surface area (Å²) in [6.07, 6.45) is 3.90. The van der Waals surface area contributed by atoms with Crippen molar-refractivity contribution in [3.8, 4) is 0 Å². The van der Waals surface area contributed by atoms with Gasteiger partial charge in [0.15, 0.2) is 5.96 Å². The van der Waals surface area contributed by atoms with Crippen molar-refractivity contribution in [2.75, 3.05) is 44.7 Å². The molecule has 0 spiro atoms. The number of para-hydroxylation sites is 1.